The van der Waals surface area contributed by atoms with Crippen LogP contribution in [0.3, 0.4) is 0 Å². The summed E-state index contributed by atoms with van der Waals surface area (Å²) in [7, 11) is -2.59. The molecule has 0 fully saturated rings. The number of methoxy groups -OCH3 is 1. The second-order valence-corrected chi connectivity index (χ2v) is 18.5. The molecule has 0 saturated heterocycles. The predicted molar refractivity (Wildman–Crippen MR) is 240 cm³/mol. The molecule has 3 aliphatic rings. The van der Waals surface area contributed by atoms with E-state index in [-0.39, 0.29) is 28.7 Å². The van der Waals surface area contributed by atoms with Crippen molar-refractivity contribution in [1.29, 1.82) is 0 Å². The van der Waals surface area contributed by atoms with Crippen LogP contribution in [0.2, 0.25) is 0 Å². The molecule has 0 bridgehead atoms. The van der Waals surface area contributed by atoms with Crippen molar-refractivity contribution in [1.82, 2.24) is 4.90 Å². The van der Waals surface area contributed by atoms with E-state index in [0.29, 0.717) is 19.4 Å². The summed E-state index contributed by atoms with van der Waals surface area (Å²) in [6.45, 7) is 10.6. The first-order chi connectivity index (χ1) is 28.3. The Morgan fingerprint density at radius 2 is 1.69 bits per heavy atom. The van der Waals surface area contributed by atoms with E-state index in [0.717, 1.165) is 61.5 Å². The molecule has 0 spiro atoms. The van der Waals surface area contributed by atoms with Gasteiger partial charge in [0.1, 0.15) is 17.3 Å². The van der Waals surface area contributed by atoms with Crippen molar-refractivity contribution in [2.24, 2.45) is 10.9 Å². The zero-order valence-corrected chi connectivity index (χ0v) is 36.5. The van der Waals surface area contributed by atoms with E-state index in [1.165, 1.54) is 38.9 Å². The molecular formula is C49H55N3O5S2. The molecule has 0 aromatic heterocycles. The molecule has 2 heterocycles. The van der Waals surface area contributed by atoms with Crippen molar-refractivity contribution in [2.45, 2.75) is 89.6 Å². The first-order valence-electron chi connectivity index (χ1n) is 20.8. The number of hydrogen-bond acceptors (Lipinski definition) is 8. The lowest BCUT2D eigenvalue weighted by Crippen LogP contribution is -2.33. The third-order valence-electron chi connectivity index (χ3n) is 12.4. The third kappa shape index (κ3) is 9.02. The molecule has 2 atom stereocenters. The summed E-state index contributed by atoms with van der Waals surface area (Å²) >= 11 is 4.88. The van der Waals surface area contributed by atoms with Crippen molar-refractivity contribution in [3.63, 3.8) is 0 Å². The molecule has 2 aliphatic heterocycles. The molecule has 1 aliphatic carbocycles. The standard InChI is InChI=1S/C49H55N3O5S2/c1-48(2)45(51(31-13-30-50-34-58)44-27-21-35-14-6-7-17-40(35)46(44)48)28-22-36-15-12-16-37(47(36)57-39-25-23-38(56-5)24-26-39)29-32-52-43(20-10-11-33-59(53,54)55)41-18-8-9-19-42(41)49(52,3)4/h6-9,14,17-19,21-29,32,37,43H,10-13,15-16,20,30-31,33H2,1-5H3/b28-22+,32-29+. The highest BCUT2D eigenvalue weighted by Crippen LogP contribution is 2.49. The Bertz CT molecular complexity index is 2480. The second kappa shape index (κ2) is 17.8. The number of ether oxygens (including phenoxy) is 2. The normalized spacial score (nSPS) is 19.7. The molecule has 4 aromatic carbocycles. The Balaban J connectivity index is 1.27. The summed E-state index contributed by atoms with van der Waals surface area (Å²) in [5, 5.41) is 5.03. The van der Waals surface area contributed by atoms with Crippen LogP contribution in [-0.4, -0.2) is 59.3 Å². The Morgan fingerprint density at radius 3 is 2.46 bits per heavy atom. The lowest BCUT2D eigenvalue weighted by atomic mass is 9.78. The maximum absolute atomic E-state index is 11.4. The van der Waals surface area contributed by atoms with E-state index >= 15 is 0 Å². The van der Waals surface area contributed by atoms with Crippen molar-refractivity contribution in [2.75, 3.05) is 26.0 Å². The Morgan fingerprint density at radius 1 is 0.949 bits per heavy atom. The van der Waals surface area contributed by atoms with Crippen molar-refractivity contribution in [3.05, 3.63) is 137 Å². The maximum Gasteiger partial charge on any atom is 0.210 e. The summed E-state index contributed by atoms with van der Waals surface area (Å²) < 4.78 is 49.1. The lowest BCUT2D eigenvalue weighted by molar-refractivity contribution is -0.437. The van der Waals surface area contributed by atoms with Gasteiger partial charge in [-0.25, -0.2) is 13.4 Å². The van der Waals surface area contributed by atoms with Gasteiger partial charge in [-0.3, -0.25) is 0 Å². The monoisotopic (exact) mass is 829 g/mol. The quantitative estimate of drug-likeness (QED) is 0.0365. The van der Waals surface area contributed by atoms with Crippen LogP contribution in [0.5, 0.6) is 11.5 Å². The molecule has 7 rings (SSSR count). The largest absolute Gasteiger partial charge is 0.748 e. The van der Waals surface area contributed by atoms with Crippen molar-refractivity contribution >= 4 is 49.7 Å². The minimum Gasteiger partial charge on any atom is -0.748 e. The molecule has 0 N–H and O–H groups in total. The van der Waals surface area contributed by atoms with Crippen LogP contribution in [0.25, 0.3) is 10.8 Å². The summed E-state index contributed by atoms with van der Waals surface area (Å²) in [6.07, 6.45) is 14.5. The van der Waals surface area contributed by atoms with Gasteiger partial charge in [-0.1, -0.05) is 61.0 Å². The van der Waals surface area contributed by atoms with Crippen LogP contribution in [0.4, 0.5) is 5.69 Å². The first-order valence-corrected chi connectivity index (χ1v) is 22.8. The average molecular weight is 830 g/mol. The van der Waals surface area contributed by atoms with E-state index in [1.54, 1.807) is 7.11 Å². The highest BCUT2D eigenvalue weighted by atomic mass is 32.2. The fourth-order valence-electron chi connectivity index (χ4n) is 9.50. The summed E-state index contributed by atoms with van der Waals surface area (Å²) in [6, 6.07) is 29.5. The van der Waals surface area contributed by atoms with Gasteiger partial charge in [0.05, 0.1) is 45.9 Å². The van der Waals surface area contributed by atoms with Gasteiger partial charge in [0, 0.05) is 35.8 Å². The van der Waals surface area contributed by atoms with E-state index in [4.69, 9.17) is 21.7 Å². The number of hydrogen-bond donors (Lipinski definition) is 0. The van der Waals surface area contributed by atoms with Gasteiger partial charge in [-0.05, 0) is 142 Å². The second-order valence-electron chi connectivity index (χ2n) is 16.8. The van der Waals surface area contributed by atoms with Crippen LogP contribution >= 0.6 is 12.2 Å². The highest BCUT2D eigenvalue weighted by Gasteiger charge is 2.46. The number of fused-ring (bicyclic) bond motifs is 4. The van der Waals surface area contributed by atoms with E-state index in [9.17, 15) is 13.0 Å². The molecule has 4 aromatic rings. The molecule has 8 nitrogen and oxygen atoms in total. The van der Waals surface area contributed by atoms with Gasteiger partial charge in [-0.15, -0.1) is 0 Å². The van der Waals surface area contributed by atoms with E-state index in [2.05, 4.69) is 132 Å². The molecule has 2 unspecified atom stereocenters. The molecule has 10 heteroatoms. The minimum absolute atomic E-state index is 0.00241. The number of benzene rings is 4. The number of rotatable bonds is 16. The van der Waals surface area contributed by atoms with Crippen molar-refractivity contribution in [3.8, 4) is 11.5 Å². The summed E-state index contributed by atoms with van der Waals surface area (Å²) in [5.41, 5.74) is 6.88. The van der Waals surface area contributed by atoms with Crippen LogP contribution in [0.15, 0.2) is 126 Å². The minimum atomic E-state index is -4.25. The number of thiocarbonyl (C=S) groups is 1. The number of unbranched alkanes of at least 4 members (excludes halogenated alkanes) is 1. The van der Waals surface area contributed by atoms with Crippen LogP contribution in [-0.2, 0) is 21.1 Å². The van der Waals surface area contributed by atoms with Crippen LogP contribution in [0.1, 0.15) is 95.4 Å². The zero-order valence-electron chi connectivity index (χ0n) is 34.8. The summed E-state index contributed by atoms with van der Waals surface area (Å²) in [4.78, 5) is 6.64. The van der Waals surface area contributed by atoms with Crippen LogP contribution < -0.4 is 9.47 Å². The van der Waals surface area contributed by atoms with Gasteiger partial charge >= 0.3 is 0 Å². The lowest BCUT2D eigenvalue weighted by Gasteiger charge is -2.36. The molecule has 0 saturated carbocycles. The number of allylic oxidation sites excluding steroid dienone is 4. The number of nitrogens with zero attached hydrogens (tertiary/aromatic N) is 3. The SMILES string of the molecule is COc1ccc(OC2=C(/C=C/C3=[N+](CCCN=C=S)c4ccc5ccccc5c4C3(C)C)CCCC2/C=C/N2C(CCCCS(=O)(=O)[O-])c3ccccc3C2(C)C)cc1. The Kier molecular flexibility index (Phi) is 12.7. The van der Waals surface area contributed by atoms with Crippen LogP contribution in [0, 0.1) is 5.92 Å². The average Bonchev–Trinajstić information content (AvgIpc) is 3.58. The molecule has 0 radical (unpaired) electrons. The third-order valence-corrected chi connectivity index (χ3v) is 13.3. The molecule has 0 amide bonds. The van der Waals surface area contributed by atoms with E-state index < -0.39 is 10.1 Å². The first kappa shape index (κ1) is 42.3. The molecule has 308 valence electrons. The van der Waals surface area contributed by atoms with Gasteiger partial charge in [0.2, 0.25) is 5.69 Å². The van der Waals surface area contributed by atoms with Gasteiger partial charge in [-0.2, -0.15) is 4.58 Å². The van der Waals surface area contributed by atoms with Gasteiger partial charge in [0.15, 0.2) is 12.3 Å². The number of aliphatic imine (C=N–C) groups is 1. The maximum atomic E-state index is 11.4. The predicted octanol–water partition coefficient (Wildman–Crippen LogP) is 10.9. The smallest absolute Gasteiger partial charge is 0.210 e. The highest BCUT2D eigenvalue weighted by molar-refractivity contribution is 7.85. The Hall–Kier alpha value is -4.86. The summed E-state index contributed by atoms with van der Waals surface area (Å²) in [5.74, 6) is 2.12. The molecule has 59 heavy (non-hydrogen) atoms. The molecular weight excluding hydrogens is 775 g/mol. The van der Waals surface area contributed by atoms with Crippen molar-refractivity contribution < 1.29 is 27.0 Å². The fraction of sp³-hybridized carbons (Fsp3) is 0.388. The zero-order chi connectivity index (χ0) is 41.8. The number of isothiocyanates is 1. The van der Waals surface area contributed by atoms with Gasteiger partial charge in [0.25, 0.3) is 0 Å². The Labute approximate surface area is 355 Å². The van der Waals surface area contributed by atoms with Gasteiger partial charge < -0.3 is 18.9 Å². The topological polar surface area (TPSA) is 94.3 Å². The van der Waals surface area contributed by atoms with E-state index in [1.807, 2.05) is 24.3 Å². The fourth-order valence-corrected chi connectivity index (χ4v) is 10.1.